The van der Waals surface area contributed by atoms with Crippen molar-refractivity contribution in [2.75, 3.05) is 18.4 Å². The third-order valence-corrected chi connectivity index (χ3v) is 2.65. The van der Waals surface area contributed by atoms with Crippen LogP contribution in [-0.4, -0.2) is 25.0 Å². The standard InChI is InChI=1S/C12H18ClN3O/c1-2-15-12(17)7-9(8-14)16-11-6-4-3-5-10(11)13/h3-6,9,16H,2,7-8,14H2,1H3,(H,15,17). The van der Waals surface area contributed by atoms with Gasteiger partial charge in [0.1, 0.15) is 0 Å². The van der Waals surface area contributed by atoms with E-state index in [0.717, 1.165) is 5.69 Å². The Bertz CT molecular complexity index is 371. The van der Waals surface area contributed by atoms with Crippen molar-refractivity contribution in [1.82, 2.24) is 5.32 Å². The molecule has 0 aromatic heterocycles. The van der Waals surface area contributed by atoms with Crippen LogP contribution in [0.15, 0.2) is 24.3 Å². The second-order valence-corrected chi connectivity index (χ2v) is 4.12. The molecule has 0 bridgehead atoms. The molecule has 4 nitrogen and oxygen atoms in total. The van der Waals surface area contributed by atoms with Crippen LogP contribution >= 0.6 is 11.6 Å². The topological polar surface area (TPSA) is 67.2 Å². The quantitative estimate of drug-likeness (QED) is 0.723. The highest BCUT2D eigenvalue weighted by Crippen LogP contribution is 2.21. The van der Waals surface area contributed by atoms with Gasteiger partial charge in [-0.25, -0.2) is 0 Å². The molecule has 1 aromatic rings. The molecule has 0 heterocycles. The number of carbonyl (C=O) groups excluding carboxylic acids is 1. The van der Waals surface area contributed by atoms with Gasteiger partial charge in [-0.2, -0.15) is 0 Å². The molecule has 0 aliphatic carbocycles. The number of hydrogen-bond acceptors (Lipinski definition) is 3. The maximum absolute atomic E-state index is 11.4. The lowest BCUT2D eigenvalue weighted by molar-refractivity contribution is -0.121. The van der Waals surface area contributed by atoms with Gasteiger partial charge in [0.25, 0.3) is 0 Å². The number of nitrogens with one attached hydrogen (secondary N) is 2. The third kappa shape index (κ3) is 4.63. The number of para-hydroxylation sites is 1. The van der Waals surface area contributed by atoms with Gasteiger partial charge in [-0.3, -0.25) is 4.79 Å². The second-order valence-electron chi connectivity index (χ2n) is 3.71. The summed E-state index contributed by atoms with van der Waals surface area (Å²) < 4.78 is 0. The Hall–Kier alpha value is -1.26. The van der Waals surface area contributed by atoms with Crippen molar-refractivity contribution in [1.29, 1.82) is 0 Å². The molecule has 0 fully saturated rings. The molecule has 4 N–H and O–H groups in total. The van der Waals surface area contributed by atoms with Gasteiger partial charge >= 0.3 is 0 Å². The van der Waals surface area contributed by atoms with Gasteiger partial charge in [-0.15, -0.1) is 0 Å². The van der Waals surface area contributed by atoms with Crippen molar-refractivity contribution in [3.05, 3.63) is 29.3 Å². The van der Waals surface area contributed by atoms with E-state index >= 15 is 0 Å². The summed E-state index contributed by atoms with van der Waals surface area (Å²) in [5, 5.41) is 6.54. The summed E-state index contributed by atoms with van der Waals surface area (Å²) in [4.78, 5) is 11.4. The van der Waals surface area contributed by atoms with E-state index in [2.05, 4.69) is 10.6 Å². The first-order valence-corrected chi connectivity index (χ1v) is 6.03. The number of hydrogen-bond donors (Lipinski definition) is 3. The molecular weight excluding hydrogens is 238 g/mol. The van der Waals surface area contributed by atoms with E-state index in [0.29, 0.717) is 24.5 Å². The number of carbonyl (C=O) groups is 1. The van der Waals surface area contributed by atoms with Crippen molar-refractivity contribution in [3.63, 3.8) is 0 Å². The molecule has 17 heavy (non-hydrogen) atoms. The highest BCUT2D eigenvalue weighted by atomic mass is 35.5. The fourth-order valence-electron chi connectivity index (χ4n) is 1.48. The van der Waals surface area contributed by atoms with Crippen molar-refractivity contribution >= 4 is 23.2 Å². The van der Waals surface area contributed by atoms with Crippen LogP contribution in [0.4, 0.5) is 5.69 Å². The van der Waals surface area contributed by atoms with Gasteiger partial charge in [0.05, 0.1) is 10.7 Å². The van der Waals surface area contributed by atoms with E-state index < -0.39 is 0 Å². The molecule has 0 aliphatic heterocycles. The number of benzene rings is 1. The van der Waals surface area contributed by atoms with Gasteiger partial charge < -0.3 is 16.4 Å². The van der Waals surface area contributed by atoms with Crippen LogP contribution in [0.1, 0.15) is 13.3 Å². The Morgan fingerprint density at radius 1 is 1.47 bits per heavy atom. The molecule has 1 atom stereocenters. The molecule has 0 spiro atoms. The molecule has 1 aromatic carbocycles. The maximum atomic E-state index is 11.4. The highest BCUT2D eigenvalue weighted by Gasteiger charge is 2.12. The zero-order valence-electron chi connectivity index (χ0n) is 9.87. The highest BCUT2D eigenvalue weighted by molar-refractivity contribution is 6.33. The lowest BCUT2D eigenvalue weighted by atomic mass is 10.2. The Morgan fingerprint density at radius 2 is 2.18 bits per heavy atom. The summed E-state index contributed by atoms with van der Waals surface area (Å²) in [6.45, 7) is 2.89. The smallest absolute Gasteiger partial charge is 0.222 e. The minimum Gasteiger partial charge on any atom is -0.379 e. The van der Waals surface area contributed by atoms with Gasteiger partial charge in [0.15, 0.2) is 0 Å². The fraction of sp³-hybridized carbons (Fsp3) is 0.417. The van der Waals surface area contributed by atoms with Crippen molar-refractivity contribution in [2.24, 2.45) is 5.73 Å². The summed E-state index contributed by atoms with van der Waals surface area (Å²) >= 11 is 6.02. The minimum absolute atomic E-state index is 0.0116. The number of anilines is 1. The normalized spacial score (nSPS) is 11.9. The van der Waals surface area contributed by atoms with Crippen LogP contribution in [0.2, 0.25) is 5.02 Å². The molecule has 1 amide bonds. The molecule has 5 heteroatoms. The first kappa shape index (κ1) is 13.8. The predicted molar refractivity (Wildman–Crippen MR) is 71.2 cm³/mol. The molecular formula is C12H18ClN3O. The molecule has 0 saturated carbocycles. The first-order valence-electron chi connectivity index (χ1n) is 5.65. The van der Waals surface area contributed by atoms with Gasteiger partial charge in [-0.05, 0) is 19.1 Å². The number of amides is 1. The lowest BCUT2D eigenvalue weighted by Crippen LogP contribution is -2.35. The van der Waals surface area contributed by atoms with Crippen LogP contribution in [0, 0.1) is 0 Å². The SMILES string of the molecule is CCNC(=O)CC(CN)Nc1ccccc1Cl. The second kappa shape index (κ2) is 7.14. The molecule has 1 rings (SSSR count). The van der Waals surface area contributed by atoms with Crippen LogP contribution in [0.3, 0.4) is 0 Å². The van der Waals surface area contributed by atoms with Crippen LogP contribution in [0.5, 0.6) is 0 Å². The summed E-state index contributed by atoms with van der Waals surface area (Å²) in [5.41, 5.74) is 6.43. The van der Waals surface area contributed by atoms with Crippen LogP contribution < -0.4 is 16.4 Å². The predicted octanol–water partition coefficient (Wildman–Crippen LogP) is 1.61. The van der Waals surface area contributed by atoms with Crippen LogP contribution in [-0.2, 0) is 4.79 Å². The number of rotatable bonds is 6. The first-order chi connectivity index (χ1) is 8.17. The van der Waals surface area contributed by atoms with Crippen molar-refractivity contribution in [3.8, 4) is 0 Å². The monoisotopic (exact) mass is 255 g/mol. The van der Waals surface area contributed by atoms with Gasteiger partial charge in [0, 0.05) is 25.6 Å². The third-order valence-electron chi connectivity index (χ3n) is 2.32. The number of nitrogens with two attached hydrogens (primary N) is 1. The zero-order chi connectivity index (χ0) is 12.7. The zero-order valence-corrected chi connectivity index (χ0v) is 10.6. The van der Waals surface area contributed by atoms with Crippen LogP contribution in [0.25, 0.3) is 0 Å². The average molecular weight is 256 g/mol. The maximum Gasteiger partial charge on any atom is 0.222 e. The Labute approximate surface area is 107 Å². The van der Waals surface area contributed by atoms with E-state index in [1.165, 1.54) is 0 Å². The molecule has 0 radical (unpaired) electrons. The van der Waals surface area contributed by atoms with Gasteiger partial charge in [-0.1, -0.05) is 23.7 Å². The Morgan fingerprint density at radius 3 is 2.76 bits per heavy atom. The molecule has 1 unspecified atom stereocenters. The van der Waals surface area contributed by atoms with Crippen molar-refractivity contribution in [2.45, 2.75) is 19.4 Å². The molecule has 0 aliphatic rings. The van der Waals surface area contributed by atoms with E-state index in [1.54, 1.807) is 6.07 Å². The average Bonchev–Trinajstić information content (AvgIpc) is 2.31. The van der Waals surface area contributed by atoms with E-state index in [4.69, 9.17) is 17.3 Å². The summed E-state index contributed by atoms with van der Waals surface area (Å²) in [7, 11) is 0. The minimum atomic E-state index is -0.110. The summed E-state index contributed by atoms with van der Waals surface area (Å²) in [6, 6.07) is 7.29. The summed E-state index contributed by atoms with van der Waals surface area (Å²) in [6.07, 6.45) is 0.343. The van der Waals surface area contributed by atoms with Gasteiger partial charge in [0.2, 0.25) is 5.91 Å². The molecule has 94 valence electrons. The van der Waals surface area contributed by atoms with E-state index in [9.17, 15) is 4.79 Å². The number of halogens is 1. The van der Waals surface area contributed by atoms with E-state index in [-0.39, 0.29) is 11.9 Å². The fourth-order valence-corrected chi connectivity index (χ4v) is 1.67. The Balaban J connectivity index is 2.58. The van der Waals surface area contributed by atoms with E-state index in [1.807, 2.05) is 25.1 Å². The van der Waals surface area contributed by atoms with Crippen molar-refractivity contribution < 1.29 is 4.79 Å². The summed E-state index contributed by atoms with van der Waals surface area (Å²) in [5.74, 6) is -0.0116. The Kier molecular flexibility index (Phi) is 5.80. The lowest BCUT2D eigenvalue weighted by Gasteiger charge is -2.18. The largest absolute Gasteiger partial charge is 0.379 e. The molecule has 0 saturated heterocycles.